The Morgan fingerprint density at radius 1 is 1.50 bits per heavy atom. The van der Waals surface area contributed by atoms with Crippen LogP contribution in [0.4, 0.5) is 11.5 Å². The molecule has 18 heavy (non-hydrogen) atoms. The van der Waals surface area contributed by atoms with Gasteiger partial charge in [-0.15, -0.1) is 0 Å². The minimum atomic E-state index is -0.435. The molecular formula is C12H16ClN3O2. The molecule has 0 spiro atoms. The number of aromatic nitrogens is 1. The highest BCUT2D eigenvalue weighted by molar-refractivity contribution is 6.29. The zero-order chi connectivity index (χ0) is 13.1. The van der Waals surface area contributed by atoms with E-state index < -0.39 is 4.92 Å². The second kappa shape index (κ2) is 5.52. The molecule has 0 aromatic carbocycles. The van der Waals surface area contributed by atoms with Crippen molar-refractivity contribution in [3.63, 3.8) is 0 Å². The van der Waals surface area contributed by atoms with E-state index in [1.807, 2.05) is 0 Å². The quantitative estimate of drug-likeness (QED) is 0.480. The molecule has 1 aliphatic heterocycles. The average molecular weight is 270 g/mol. The van der Waals surface area contributed by atoms with Gasteiger partial charge in [0.05, 0.1) is 17.1 Å². The maximum absolute atomic E-state index is 10.8. The summed E-state index contributed by atoms with van der Waals surface area (Å²) in [6.45, 7) is 3.98. The summed E-state index contributed by atoms with van der Waals surface area (Å²) in [7, 11) is 0. The van der Waals surface area contributed by atoms with E-state index in [9.17, 15) is 10.1 Å². The number of hydrogen-bond donors (Lipinski definition) is 0. The van der Waals surface area contributed by atoms with Crippen molar-refractivity contribution in [2.75, 3.05) is 18.0 Å². The van der Waals surface area contributed by atoms with Crippen molar-refractivity contribution >= 4 is 23.1 Å². The molecule has 1 fully saturated rings. The van der Waals surface area contributed by atoms with E-state index in [-0.39, 0.29) is 10.8 Å². The predicted octanol–water partition coefficient (Wildman–Crippen LogP) is 3.27. The fourth-order valence-corrected chi connectivity index (χ4v) is 2.51. The zero-order valence-corrected chi connectivity index (χ0v) is 11.1. The molecule has 0 bridgehead atoms. The third kappa shape index (κ3) is 2.90. The standard InChI is InChI=1S/C12H16ClN3O2/c1-2-9-3-5-15(6-4-9)12-8-10(16(17)18)7-11(13)14-12/h7-9H,2-6H2,1H3. The summed E-state index contributed by atoms with van der Waals surface area (Å²) < 4.78 is 0. The third-order valence-corrected chi connectivity index (χ3v) is 3.69. The van der Waals surface area contributed by atoms with Crippen LogP contribution in [0.2, 0.25) is 5.15 Å². The number of rotatable bonds is 3. The van der Waals surface area contributed by atoms with E-state index in [2.05, 4.69) is 16.8 Å². The fourth-order valence-electron chi connectivity index (χ4n) is 2.31. The number of anilines is 1. The van der Waals surface area contributed by atoms with Crippen LogP contribution in [0.5, 0.6) is 0 Å². The van der Waals surface area contributed by atoms with E-state index in [0.717, 1.165) is 31.8 Å². The van der Waals surface area contributed by atoms with Crippen LogP contribution in [0.15, 0.2) is 12.1 Å². The molecule has 5 nitrogen and oxygen atoms in total. The van der Waals surface area contributed by atoms with Crippen LogP contribution in [-0.2, 0) is 0 Å². The van der Waals surface area contributed by atoms with Crippen LogP contribution in [-0.4, -0.2) is 23.0 Å². The Morgan fingerprint density at radius 2 is 2.17 bits per heavy atom. The highest BCUT2D eigenvalue weighted by Gasteiger charge is 2.21. The minimum absolute atomic E-state index is 0.00242. The van der Waals surface area contributed by atoms with Gasteiger partial charge in [-0.25, -0.2) is 4.98 Å². The molecule has 1 aromatic heterocycles. The van der Waals surface area contributed by atoms with Crippen molar-refractivity contribution in [1.82, 2.24) is 4.98 Å². The first kappa shape index (κ1) is 13.1. The molecule has 0 atom stereocenters. The molecular weight excluding hydrogens is 254 g/mol. The second-order valence-electron chi connectivity index (χ2n) is 4.60. The Balaban J connectivity index is 2.16. The SMILES string of the molecule is CCC1CCN(c2cc([N+](=O)[O-])cc(Cl)n2)CC1. The first-order valence-electron chi connectivity index (χ1n) is 6.17. The van der Waals surface area contributed by atoms with Gasteiger partial charge in [-0.2, -0.15) is 0 Å². The first-order valence-corrected chi connectivity index (χ1v) is 6.55. The number of piperidine rings is 1. The summed E-state index contributed by atoms with van der Waals surface area (Å²) in [5.74, 6) is 1.37. The molecule has 2 heterocycles. The molecule has 6 heteroatoms. The normalized spacial score (nSPS) is 16.9. The van der Waals surface area contributed by atoms with Gasteiger partial charge in [0.15, 0.2) is 0 Å². The van der Waals surface area contributed by atoms with Crippen LogP contribution in [0.25, 0.3) is 0 Å². The summed E-state index contributed by atoms with van der Waals surface area (Å²) in [5, 5.41) is 11.0. The topological polar surface area (TPSA) is 59.3 Å². The maximum atomic E-state index is 10.8. The molecule has 1 aromatic rings. The van der Waals surface area contributed by atoms with Gasteiger partial charge in [0, 0.05) is 13.1 Å². The molecule has 1 saturated heterocycles. The number of nitro groups is 1. The van der Waals surface area contributed by atoms with Crippen LogP contribution in [0.1, 0.15) is 26.2 Å². The Morgan fingerprint density at radius 3 is 2.72 bits per heavy atom. The van der Waals surface area contributed by atoms with Crippen molar-refractivity contribution in [1.29, 1.82) is 0 Å². The first-order chi connectivity index (χ1) is 8.60. The van der Waals surface area contributed by atoms with Crippen LogP contribution in [0, 0.1) is 16.0 Å². The van der Waals surface area contributed by atoms with Gasteiger partial charge in [0.2, 0.25) is 0 Å². The van der Waals surface area contributed by atoms with Gasteiger partial charge in [0.1, 0.15) is 11.0 Å². The van der Waals surface area contributed by atoms with Gasteiger partial charge >= 0.3 is 0 Å². The molecule has 0 amide bonds. The highest BCUT2D eigenvalue weighted by atomic mass is 35.5. The van der Waals surface area contributed by atoms with Crippen molar-refractivity contribution in [3.05, 3.63) is 27.4 Å². The highest BCUT2D eigenvalue weighted by Crippen LogP contribution is 2.27. The minimum Gasteiger partial charge on any atom is -0.356 e. The van der Waals surface area contributed by atoms with Crippen molar-refractivity contribution in [2.24, 2.45) is 5.92 Å². The number of halogens is 1. The lowest BCUT2D eigenvalue weighted by atomic mass is 9.94. The molecule has 0 unspecified atom stereocenters. The van der Waals surface area contributed by atoms with Gasteiger partial charge in [-0.05, 0) is 18.8 Å². The molecule has 2 rings (SSSR count). The lowest BCUT2D eigenvalue weighted by Crippen LogP contribution is -2.34. The van der Waals surface area contributed by atoms with Crippen LogP contribution in [0.3, 0.4) is 0 Å². The fraction of sp³-hybridized carbons (Fsp3) is 0.583. The van der Waals surface area contributed by atoms with Gasteiger partial charge < -0.3 is 4.90 Å². The van der Waals surface area contributed by atoms with Crippen LogP contribution >= 0.6 is 11.6 Å². The average Bonchev–Trinajstić information content (AvgIpc) is 2.38. The Bertz CT molecular complexity index is 445. The smallest absolute Gasteiger partial charge is 0.276 e. The third-order valence-electron chi connectivity index (χ3n) is 3.49. The molecule has 98 valence electrons. The van der Waals surface area contributed by atoms with Crippen molar-refractivity contribution in [2.45, 2.75) is 26.2 Å². The summed E-state index contributed by atoms with van der Waals surface area (Å²) in [6.07, 6.45) is 3.41. The van der Waals surface area contributed by atoms with Crippen LogP contribution < -0.4 is 4.90 Å². The summed E-state index contributed by atoms with van der Waals surface area (Å²) in [4.78, 5) is 16.6. The molecule has 0 aliphatic carbocycles. The molecule has 1 aliphatic rings. The van der Waals surface area contributed by atoms with E-state index in [4.69, 9.17) is 11.6 Å². The Labute approximate surface area is 111 Å². The second-order valence-corrected chi connectivity index (χ2v) is 4.99. The number of hydrogen-bond acceptors (Lipinski definition) is 4. The lowest BCUT2D eigenvalue weighted by molar-refractivity contribution is -0.384. The lowest BCUT2D eigenvalue weighted by Gasteiger charge is -2.32. The monoisotopic (exact) mass is 269 g/mol. The largest absolute Gasteiger partial charge is 0.356 e. The van der Waals surface area contributed by atoms with E-state index in [1.54, 1.807) is 0 Å². The molecule has 0 N–H and O–H groups in total. The van der Waals surface area contributed by atoms with Gasteiger partial charge in [-0.1, -0.05) is 24.9 Å². The van der Waals surface area contributed by atoms with Crippen molar-refractivity contribution in [3.8, 4) is 0 Å². The number of nitrogens with zero attached hydrogens (tertiary/aromatic N) is 3. The summed E-state index contributed by atoms with van der Waals surface area (Å²) in [5.41, 5.74) is 0.00242. The van der Waals surface area contributed by atoms with Gasteiger partial charge in [0.25, 0.3) is 5.69 Å². The van der Waals surface area contributed by atoms with Crippen molar-refractivity contribution < 1.29 is 4.92 Å². The summed E-state index contributed by atoms with van der Waals surface area (Å²) in [6, 6.07) is 2.78. The molecule has 0 radical (unpaired) electrons. The Hall–Kier alpha value is -1.36. The predicted molar refractivity (Wildman–Crippen MR) is 71.1 cm³/mol. The maximum Gasteiger partial charge on any atom is 0.276 e. The van der Waals surface area contributed by atoms with E-state index >= 15 is 0 Å². The van der Waals surface area contributed by atoms with Gasteiger partial charge in [-0.3, -0.25) is 10.1 Å². The summed E-state index contributed by atoms with van der Waals surface area (Å²) >= 11 is 5.83. The Kier molecular flexibility index (Phi) is 4.01. The molecule has 0 saturated carbocycles. The van der Waals surface area contributed by atoms with E-state index in [1.165, 1.54) is 18.6 Å². The zero-order valence-electron chi connectivity index (χ0n) is 10.3. The number of pyridine rings is 1. The van der Waals surface area contributed by atoms with E-state index in [0.29, 0.717) is 5.82 Å².